The zero-order chi connectivity index (χ0) is 80.6. The summed E-state index contributed by atoms with van der Waals surface area (Å²) in [6.45, 7) is 52.2. The van der Waals surface area contributed by atoms with Gasteiger partial charge in [-0.15, -0.1) is 0 Å². The van der Waals surface area contributed by atoms with Crippen molar-refractivity contribution in [2.24, 2.45) is 0 Å². The minimum atomic E-state index is -2.69. The molecular weight excluding hydrogens is 1670 g/mol. The summed E-state index contributed by atoms with van der Waals surface area (Å²) in [7, 11) is -30.7. The molecule has 30 nitrogen and oxygen atoms in total. The molecule has 12 aliphatic heterocycles. The maximum absolute atomic E-state index is 7.24. The molecule has 0 saturated carbocycles. The van der Waals surface area contributed by atoms with Gasteiger partial charge in [0.15, 0.2) is 0 Å². The van der Waals surface area contributed by atoms with E-state index in [9.17, 15) is 0 Å². The zero-order valence-corrected chi connectivity index (χ0v) is 83.7. The van der Waals surface area contributed by atoms with E-state index in [1.54, 1.807) is 0 Å². The second-order valence-corrected chi connectivity index (χ2v) is 78.4. The average molecular weight is 1820 g/mol. The number of rotatable bonds is 56. The fourth-order valence-electron chi connectivity index (χ4n) is 15.3. The van der Waals surface area contributed by atoms with Gasteiger partial charge in [0.05, 0.1) is 119 Å². The van der Waals surface area contributed by atoms with Crippen LogP contribution < -0.4 is 0 Å². The van der Waals surface area contributed by atoms with Crippen molar-refractivity contribution in [2.75, 3.05) is 178 Å². The van der Waals surface area contributed by atoms with Crippen molar-refractivity contribution in [1.82, 2.24) is 0 Å². The summed E-state index contributed by atoms with van der Waals surface area (Å²) in [5.74, 6) is 0. The summed E-state index contributed by atoms with van der Waals surface area (Å²) in [5, 5.41) is 0. The van der Waals surface area contributed by atoms with E-state index in [0.717, 1.165) is 184 Å². The standard InChI is InChI=1S/C28H56O12Si4.C23H48O10Si4.C20H44O8Si4/c1-41(13-5-9-29-17-25-21-33-25)37-42(2,14-6-10-30-18-26-22-34-26)39-44(4,16-8-12-32-20-28-24-36-28)40-43(3,38-41)15-7-11-31-19-27-23-35-27;1-34(2)30-35(3,12-6-9-24-15-21-18-27-21)32-37(5,14-8-11-26-17-23-20-29-23)33-36(4,31-34)13-7-10-25-16-22-19-28-22;1-7-12-30(4)25-29(2,3)26-31(5,13-8-10-21-15-19-17-23-19)28-32(6,27-30)14-9-11-22-16-20-18-24-20/h25-28H,5-24H2,1-4H3;21-23H,6-20H2,1-5H3;19-20H,7-18H2,1-6H3. The smallest absolute Gasteiger partial charge is 0.317 e. The molecule has 0 aromatic carbocycles. The first kappa shape index (κ1) is 96.6. The van der Waals surface area contributed by atoms with Crippen LogP contribution in [0.3, 0.4) is 0 Å². The molecule has 12 aliphatic rings. The summed E-state index contributed by atoms with van der Waals surface area (Å²) in [6, 6.07) is 8.61. The minimum Gasteiger partial charge on any atom is -0.416 e. The Kier molecular flexibility index (Phi) is 38.9. The van der Waals surface area contributed by atoms with E-state index in [-0.39, 0.29) is 42.7 Å². The van der Waals surface area contributed by atoms with E-state index < -0.39 is 103 Å². The van der Waals surface area contributed by atoms with Crippen LogP contribution in [0.1, 0.15) is 71.1 Å². The molecule has 0 spiro atoms. The molecule has 42 heteroatoms. The van der Waals surface area contributed by atoms with Crippen LogP contribution in [-0.4, -0.2) is 336 Å². The van der Waals surface area contributed by atoms with Crippen LogP contribution in [0.15, 0.2) is 0 Å². The summed E-state index contributed by atoms with van der Waals surface area (Å²) < 4.78 is 184. The molecular formula is C71H148O30Si12. The maximum atomic E-state index is 7.24. The van der Waals surface area contributed by atoms with Gasteiger partial charge in [0.25, 0.3) is 0 Å². The van der Waals surface area contributed by atoms with Crippen molar-refractivity contribution in [3.8, 4) is 0 Å². The Morgan fingerprint density at radius 2 is 0.301 bits per heavy atom. The largest absolute Gasteiger partial charge is 0.416 e. The average Bonchev–Trinajstić information content (AvgIpc) is 1.19. The fraction of sp³-hybridized carbons (Fsp3) is 1.00. The van der Waals surface area contributed by atoms with Gasteiger partial charge >= 0.3 is 103 Å². The molecule has 12 saturated heterocycles. The molecule has 660 valence electrons. The lowest BCUT2D eigenvalue weighted by atomic mass is 10.5. The molecule has 0 aromatic rings. The maximum Gasteiger partial charge on any atom is 0.317 e. The third kappa shape index (κ3) is 40.9. The second kappa shape index (κ2) is 45.5. The van der Waals surface area contributed by atoms with Crippen LogP contribution in [0.5, 0.6) is 0 Å². The highest BCUT2D eigenvalue weighted by Gasteiger charge is 2.59. The molecule has 14 unspecified atom stereocenters. The van der Waals surface area contributed by atoms with Gasteiger partial charge in [-0.2, -0.15) is 0 Å². The van der Waals surface area contributed by atoms with E-state index in [0.29, 0.717) is 131 Å². The lowest BCUT2D eigenvalue weighted by Gasteiger charge is -2.50. The zero-order valence-electron chi connectivity index (χ0n) is 71.7. The lowest BCUT2D eigenvalue weighted by molar-refractivity contribution is 0.111. The van der Waals surface area contributed by atoms with Crippen molar-refractivity contribution >= 4 is 103 Å². The molecule has 0 aromatic heterocycles. The monoisotopic (exact) mass is 1820 g/mol. The van der Waals surface area contributed by atoms with Gasteiger partial charge in [0.1, 0.15) is 54.9 Å². The summed E-state index contributed by atoms with van der Waals surface area (Å²) in [6.07, 6.45) is 11.6. The van der Waals surface area contributed by atoms with E-state index >= 15 is 0 Å². The van der Waals surface area contributed by atoms with Gasteiger partial charge in [-0.05, 0) is 210 Å². The molecule has 0 radical (unpaired) electrons. The quantitative estimate of drug-likeness (QED) is 0.0310. The molecule has 0 N–H and O–H groups in total. The first-order valence-corrected chi connectivity index (χ1v) is 73.8. The molecule has 12 heterocycles. The highest BCUT2D eigenvalue weighted by molar-refractivity contribution is 6.96. The Labute approximate surface area is 689 Å². The minimum absolute atomic E-state index is 0.266. The van der Waals surface area contributed by atoms with Gasteiger partial charge in [-0.3, -0.25) is 0 Å². The van der Waals surface area contributed by atoms with E-state index in [2.05, 4.69) is 98.6 Å². The molecule has 113 heavy (non-hydrogen) atoms. The van der Waals surface area contributed by atoms with Crippen LogP contribution in [0.2, 0.25) is 152 Å². The number of epoxide rings is 9. The number of hydrogen-bond donors (Lipinski definition) is 0. The van der Waals surface area contributed by atoms with Crippen LogP contribution in [0.4, 0.5) is 0 Å². The van der Waals surface area contributed by atoms with Gasteiger partial charge in [-0.25, -0.2) is 0 Å². The third-order valence-corrected chi connectivity index (χ3v) is 75.8. The predicted octanol–water partition coefficient (Wildman–Crippen LogP) is 11.0. The highest BCUT2D eigenvalue weighted by Crippen LogP contribution is 2.42. The van der Waals surface area contributed by atoms with Gasteiger partial charge in [0, 0.05) is 59.5 Å². The first-order valence-electron chi connectivity index (χ1n) is 42.9. The first-order chi connectivity index (χ1) is 53.8. The van der Waals surface area contributed by atoms with Gasteiger partial charge in [-0.1, -0.05) is 13.3 Å². The number of hydrogen-bond acceptors (Lipinski definition) is 30. The SMILES string of the molecule is CCC[Si]1(C)O[Si](C)(C)O[Si](C)(CCCOCC2CO2)O[Si](C)(CCCOCC2CO2)O1.C[Si]1(C)O[Si](C)(CCCOCC2CO2)O[Si](C)(CCCOCC2CO2)O[Si](C)(CCCOCC2CO2)O1.C[Si]1(CCCOCC2CO2)O[Si](C)(CCCOCC2CO2)O[Si](C)(CCCOCC2CO2)O[Si](C)(CCCOCC2CO2)O1. The van der Waals surface area contributed by atoms with E-state index in [1.807, 2.05) is 0 Å². The Morgan fingerprint density at radius 3 is 0.416 bits per heavy atom. The summed E-state index contributed by atoms with van der Waals surface area (Å²) >= 11 is 0. The summed E-state index contributed by atoms with van der Waals surface area (Å²) in [4.78, 5) is 0. The Balaban J connectivity index is 0.000000182. The number of ether oxygens (including phenoxy) is 18. The molecule has 0 amide bonds. The van der Waals surface area contributed by atoms with Crippen LogP contribution in [0, 0.1) is 0 Å². The Bertz CT molecular complexity index is 2530. The lowest BCUT2D eigenvalue weighted by Crippen LogP contribution is -2.67. The predicted molar refractivity (Wildman–Crippen MR) is 449 cm³/mol. The molecule has 0 bridgehead atoms. The van der Waals surface area contributed by atoms with Crippen LogP contribution in [0.25, 0.3) is 0 Å². The van der Waals surface area contributed by atoms with Gasteiger partial charge < -0.3 is 135 Å². The Hall–Kier alpha value is 1.40. The van der Waals surface area contributed by atoms with Crippen molar-refractivity contribution < 1.29 is 135 Å². The summed E-state index contributed by atoms with van der Waals surface area (Å²) in [5.41, 5.74) is 0. The van der Waals surface area contributed by atoms with E-state index in [4.69, 9.17) is 135 Å². The molecule has 14 atom stereocenters. The molecule has 0 aliphatic carbocycles. The fourth-order valence-corrected chi connectivity index (χ4v) is 83.8. The molecule has 12 rings (SSSR count). The van der Waals surface area contributed by atoms with Crippen molar-refractivity contribution in [2.45, 2.75) is 278 Å². The van der Waals surface area contributed by atoms with Crippen molar-refractivity contribution in [3.05, 3.63) is 0 Å². The van der Waals surface area contributed by atoms with Crippen LogP contribution in [-0.2, 0) is 135 Å². The van der Waals surface area contributed by atoms with Crippen molar-refractivity contribution in [3.63, 3.8) is 0 Å². The second-order valence-electron chi connectivity index (χ2n) is 35.3. The van der Waals surface area contributed by atoms with Gasteiger partial charge in [0.2, 0.25) is 0 Å². The topological polar surface area (TPSA) is 307 Å². The normalized spacial score (nSPS) is 39.1. The molecule has 12 fully saturated rings. The van der Waals surface area contributed by atoms with Crippen LogP contribution >= 0.6 is 0 Å². The highest BCUT2D eigenvalue weighted by atomic mass is 28.5. The third-order valence-electron chi connectivity index (χ3n) is 20.6. The Morgan fingerprint density at radius 1 is 0.186 bits per heavy atom. The van der Waals surface area contributed by atoms with E-state index in [1.165, 1.54) is 0 Å². The van der Waals surface area contributed by atoms with Crippen molar-refractivity contribution in [1.29, 1.82) is 0 Å².